The van der Waals surface area contributed by atoms with Crippen molar-refractivity contribution in [1.29, 1.82) is 0 Å². The molecule has 1 aliphatic carbocycles. The fourth-order valence-corrected chi connectivity index (χ4v) is 8.92. The maximum Gasteiger partial charge on any atom is 0.0719 e. The Hall–Kier alpha value is -6.96. The molecular formula is C53H37N. The quantitative estimate of drug-likeness (QED) is 0.161. The van der Waals surface area contributed by atoms with Crippen molar-refractivity contribution in [2.24, 2.45) is 0 Å². The number of fused-ring (bicyclic) bond motifs is 5. The van der Waals surface area contributed by atoms with Crippen LogP contribution >= 0.6 is 0 Å². The molecule has 0 bridgehead atoms. The summed E-state index contributed by atoms with van der Waals surface area (Å²) >= 11 is 0. The lowest BCUT2D eigenvalue weighted by Gasteiger charge is -2.36. The van der Waals surface area contributed by atoms with Gasteiger partial charge in [0, 0.05) is 22.3 Å². The maximum atomic E-state index is 2.48. The Kier molecular flexibility index (Phi) is 7.78. The molecule has 9 aromatic carbocycles. The molecule has 0 atom stereocenters. The van der Waals surface area contributed by atoms with E-state index in [1.165, 1.54) is 72.1 Å². The average molecular weight is 688 g/mol. The lowest BCUT2D eigenvalue weighted by atomic mass is 9.66. The van der Waals surface area contributed by atoms with Gasteiger partial charge in [-0.15, -0.1) is 0 Å². The first-order valence-electron chi connectivity index (χ1n) is 18.7. The zero-order valence-electron chi connectivity index (χ0n) is 29.8. The Morgan fingerprint density at radius 2 is 0.759 bits per heavy atom. The molecule has 9 aromatic rings. The molecule has 1 nitrogen and oxygen atoms in total. The van der Waals surface area contributed by atoms with E-state index in [0.29, 0.717) is 0 Å². The monoisotopic (exact) mass is 687 g/mol. The maximum absolute atomic E-state index is 2.48. The smallest absolute Gasteiger partial charge is 0.0719 e. The molecule has 0 unspecified atom stereocenters. The van der Waals surface area contributed by atoms with E-state index in [9.17, 15) is 0 Å². The molecule has 0 heterocycles. The second kappa shape index (κ2) is 13.2. The van der Waals surface area contributed by atoms with Gasteiger partial charge < -0.3 is 4.90 Å². The van der Waals surface area contributed by atoms with Gasteiger partial charge >= 0.3 is 0 Å². The standard InChI is InChI=1S/C53H37N/c1-6-20-38(21-7-1)39-34-36-44(37-35-39)54(43-28-14-5-15-29-43)52-46-31-17-16-30-45(46)51-50(49(52)40-22-8-2-9-23-40)47-32-18-19-33-48(47)53(51,41-24-10-3-11-25-41)42-26-12-4-13-27-42/h1-37H. The fourth-order valence-electron chi connectivity index (χ4n) is 8.92. The van der Waals surface area contributed by atoms with Crippen LogP contribution in [0, 0.1) is 0 Å². The molecule has 0 saturated carbocycles. The van der Waals surface area contributed by atoms with Crippen LogP contribution in [0.5, 0.6) is 0 Å². The van der Waals surface area contributed by atoms with Gasteiger partial charge in [-0.25, -0.2) is 0 Å². The molecule has 0 aromatic heterocycles. The lowest BCUT2D eigenvalue weighted by molar-refractivity contribution is 0.775. The van der Waals surface area contributed by atoms with E-state index in [1.54, 1.807) is 0 Å². The molecule has 0 amide bonds. The van der Waals surface area contributed by atoms with Crippen molar-refractivity contribution in [3.8, 4) is 33.4 Å². The Labute approximate surface area is 317 Å². The molecule has 54 heavy (non-hydrogen) atoms. The molecule has 0 aliphatic heterocycles. The summed E-state index contributed by atoms with van der Waals surface area (Å²) < 4.78 is 0. The first kappa shape index (κ1) is 31.7. The van der Waals surface area contributed by atoms with Gasteiger partial charge in [-0.05, 0) is 79.7 Å². The predicted octanol–water partition coefficient (Wildman–Crippen LogP) is 14.0. The highest BCUT2D eigenvalue weighted by atomic mass is 15.1. The van der Waals surface area contributed by atoms with Crippen LogP contribution in [0.15, 0.2) is 224 Å². The highest BCUT2D eigenvalue weighted by molar-refractivity contribution is 6.16. The van der Waals surface area contributed by atoms with Gasteiger partial charge in [0.1, 0.15) is 0 Å². The van der Waals surface area contributed by atoms with Gasteiger partial charge in [0.15, 0.2) is 0 Å². The van der Waals surface area contributed by atoms with E-state index in [4.69, 9.17) is 0 Å². The Morgan fingerprint density at radius 3 is 1.37 bits per heavy atom. The van der Waals surface area contributed by atoms with Crippen molar-refractivity contribution in [1.82, 2.24) is 0 Å². The summed E-state index contributed by atoms with van der Waals surface area (Å²) in [5.74, 6) is 0. The fraction of sp³-hybridized carbons (Fsp3) is 0.0189. The highest BCUT2D eigenvalue weighted by Crippen LogP contribution is 2.63. The topological polar surface area (TPSA) is 3.24 Å². The van der Waals surface area contributed by atoms with Crippen molar-refractivity contribution in [3.63, 3.8) is 0 Å². The van der Waals surface area contributed by atoms with E-state index in [1.807, 2.05) is 0 Å². The van der Waals surface area contributed by atoms with Crippen molar-refractivity contribution >= 4 is 27.8 Å². The number of rotatable bonds is 7. The molecule has 1 aliphatic rings. The molecule has 254 valence electrons. The summed E-state index contributed by atoms with van der Waals surface area (Å²) in [5.41, 5.74) is 15.3. The van der Waals surface area contributed by atoms with E-state index in [-0.39, 0.29) is 0 Å². The van der Waals surface area contributed by atoms with Gasteiger partial charge in [-0.1, -0.05) is 200 Å². The largest absolute Gasteiger partial charge is 0.309 e. The molecule has 10 rings (SSSR count). The van der Waals surface area contributed by atoms with E-state index < -0.39 is 5.41 Å². The minimum absolute atomic E-state index is 0.551. The van der Waals surface area contributed by atoms with Crippen molar-refractivity contribution in [2.75, 3.05) is 4.90 Å². The molecular weight excluding hydrogens is 651 g/mol. The Bertz CT molecular complexity index is 2680. The Balaban J connectivity index is 1.38. The van der Waals surface area contributed by atoms with Gasteiger partial charge in [0.25, 0.3) is 0 Å². The number of benzene rings is 9. The van der Waals surface area contributed by atoms with Gasteiger partial charge in [0.2, 0.25) is 0 Å². The zero-order valence-corrected chi connectivity index (χ0v) is 29.8. The predicted molar refractivity (Wildman–Crippen MR) is 227 cm³/mol. The first-order chi connectivity index (χ1) is 26.8. The summed E-state index contributed by atoms with van der Waals surface area (Å²) in [7, 11) is 0. The molecule has 0 N–H and O–H groups in total. The minimum atomic E-state index is -0.551. The second-order valence-electron chi connectivity index (χ2n) is 14.0. The van der Waals surface area contributed by atoms with Crippen LogP contribution in [0.3, 0.4) is 0 Å². The van der Waals surface area contributed by atoms with E-state index in [0.717, 1.165) is 11.4 Å². The summed E-state index contributed by atoms with van der Waals surface area (Å²) in [5, 5.41) is 2.45. The second-order valence-corrected chi connectivity index (χ2v) is 14.0. The number of hydrogen-bond acceptors (Lipinski definition) is 1. The van der Waals surface area contributed by atoms with Crippen molar-refractivity contribution < 1.29 is 0 Å². The van der Waals surface area contributed by atoms with Gasteiger partial charge in [-0.3, -0.25) is 0 Å². The van der Waals surface area contributed by atoms with Crippen LogP contribution in [0.2, 0.25) is 0 Å². The van der Waals surface area contributed by atoms with Crippen LogP contribution < -0.4 is 4.90 Å². The third-order valence-corrected chi connectivity index (χ3v) is 11.1. The third-order valence-electron chi connectivity index (χ3n) is 11.1. The summed E-state index contributed by atoms with van der Waals surface area (Å²) in [6.45, 7) is 0. The zero-order chi connectivity index (χ0) is 35.9. The molecule has 0 radical (unpaired) electrons. The lowest BCUT2D eigenvalue weighted by Crippen LogP contribution is -2.29. The third kappa shape index (κ3) is 4.94. The number of para-hydroxylation sites is 1. The van der Waals surface area contributed by atoms with E-state index >= 15 is 0 Å². The van der Waals surface area contributed by atoms with Crippen molar-refractivity contribution in [3.05, 3.63) is 247 Å². The number of nitrogens with zero attached hydrogens (tertiary/aromatic N) is 1. The average Bonchev–Trinajstić information content (AvgIpc) is 3.57. The number of anilines is 3. The molecule has 1 heteroatoms. The minimum Gasteiger partial charge on any atom is -0.309 e. The first-order valence-corrected chi connectivity index (χ1v) is 18.7. The molecule has 0 fully saturated rings. The molecule has 0 saturated heterocycles. The summed E-state index contributed by atoms with van der Waals surface area (Å²) in [6, 6.07) is 82.0. The van der Waals surface area contributed by atoms with Gasteiger partial charge in [0.05, 0.1) is 11.1 Å². The van der Waals surface area contributed by atoms with E-state index in [2.05, 4.69) is 229 Å². The van der Waals surface area contributed by atoms with Crippen LogP contribution in [0.4, 0.5) is 17.1 Å². The van der Waals surface area contributed by atoms with Crippen LogP contribution in [0.25, 0.3) is 44.2 Å². The SMILES string of the molecule is c1ccc(-c2ccc(N(c3ccccc3)c3c(-c4ccccc4)c4c(c5ccccc35)C(c3ccccc3)(c3ccccc3)c3ccccc3-4)cc2)cc1. The Morgan fingerprint density at radius 1 is 0.315 bits per heavy atom. The van der Waals surface area contributed by atoms with Crippen LogP contribution in [0.1, 0.15) is 22.3 Å². The van der Waals surface area contributed by atoms with Gasteiger partial charge in [-0.2, -0.15) is 0 Å². The van der Waals surface area contributed by atoms with Crippen LogP contribution in [-0.2, 0) is 5.41 Å². The highest BCUT2D eigenvalue weighted by Gasteiger charge is 2.49. The molecule has 0 spiro atoms. The normalized spacial score (nSPS) is 12.6. The van der Waals surface area contributed by atoms with Crippen LogP contribution in [-0.4, -0.2) is 0 Å². The van der Waals surface area contributed by atoms with Crippen molar-refractivity contribution in [2.45, 2.75) is 5.41 Å². The summed E-state index contributed by atoms with van der Waals surface area (Å²) in [6.07, 6.45) is 0. The summed E-state index contributed by atoms with van der Waals surface area (Å²) in [4.78, 5) is 2.48. The number of hydrogen-bond donors (Lipinski definition) is 0.